The Morgan fingerprint density at radius 1 is 1.22 bits per heavy atom. The summed E-state index contributed by atoms with van der Waals surface area (Å²) in [7, 11) is 0. The van der Waals surface area contributed by atoms with E-state index in [1.54, 1.807) is 29.6 Å². The van der Waals surface area contributed by atoms with Crippen molar-refractivity contribution < 1.29 is 18.3 Å². The Morgan fingerprint density at radius 2 is 1.94 bits per heavy atom. The van der Waals surface area contributed by atoms with Gasteiger partial charge in [-0.2, -0.15) is 23.0 Å². The third-order valence-corrected chi connectivity index (χ3v) is 5.92. The molecule has 32 heavy (non-hydrogen) atoms. The molecule has 0 spiro atoms. The molecular weight excluding hydrogens is 443 g/mol. The second kappa shape index (κ2) is 9.12. The van der Waals surface area contributed by atoms with E-state index in [1.807, 2.05) is 6.92 Å². The maximum absolute atomic E-state index is 13.4. The zero-order chi connectivity index (χ0) is 22.9. The number of aliphatic hydroxyl groups is 1. The number of aliphatic hydroxyl groups excluding tert-OH is 1. The maximum Gasteiger partial charge on any atom is 0.433 e. The fourth-order valence-electron chi connectivity index (χ4n) is 3.42. The fraction of sp³-hybridized carbons (Fsp3) is 0.450. The summed E-state index contributed by atoms with van der Waals surface area (Å²) in [4.78, 5) is 18.1. The van der Waals surface area contributed by atoms with E-state index in [0.717, 1.165) is 30.7 Å². The van der Waals surface area contributed by atoms with Gasteiger partial charge in [0, 0.05) is 24.5 Å². The van der Waals surface area contributed by atoms with Crippen molar-refractivity contribution in [3.8, 4) is 5.95 Å². The number of rotatable bonds is 8. The van der Waals surface area contributed by atoms with Gasteiger partial charge in [-0.25, -0.2) is 19.9 Å². The predicted octanol–water partition coefficient (Wildman–Crippen LogP) is 3.66. The molecule has 12 heteroatoms. The average Bonchev–Trinajstić information content (AvgIpc) is 3.48. The summed E-state index contributed by atoms with van der Waals surface area (Å²) in [5, 5.41) is 15.6. The molecule has 1 N–H and O–H groups in total. The van der Waals surface area contributed by atoms with Crippen LogP contribution in [0.5, 0.6) is 0 Å². The Hall–Kier alpha value is -2.57. The molecule has 4 rings (SSSR count). The lowest BCUT2D eigenvalue weighted by atomic mass is 10.1. The minimum absolute atomic E-state index is 0.131. The van der Waals surface area contributed by atoms with Crippen molar-refractivity contribution in [2.45, 2.75) is 43.2 Å². The van der Waals surface area contributed by atoms with Crippen LogP contribution >= 0.6 is 11.8 Å². The van der Waals surface area contributed by atoms with Crippen molar-refractivity contribution in [3.63, 3.8) is 0 Å². The Morgan fingerprint density at radius 3 is 2.56 bits per heavy atom. The van der Waals surface area contributed by atoms with Crippen molar-refractivity contribution in [3.05, 3.63) is 54.0 Å². The summed E-state index contributed by atoms with van der Waals surface area (Å²) in [6.45, 7) is 2.33. The molecule has 0 amide bonds. The van der Waals surface area contributed by atoms with Crippen molar-refractivity contribution in [2.24, 2.45) is 5.92 Å². The van der Waals surface area contributed by atoms with Gasteiger partial charge in [-0.05, 0) is 50.1 Å². The van der Waals surface area contributed by atoms with Crippen LogP contribution in [0.15, 0.2) is 41.9 Å². The Kier molecular flexibility index (Phi) is 6.45. The van der Waals surface area contributed by atoms with E-state index in [2.05, 4.69) is 25.0 Å². The molecule has 2 atom stereocenters. The van der Waals surface area contributed by atoms with Gasteiger partial charge < -0.3 is 5.11 Å². The molecule has 0 aliphatic heterocycles. The minimum atomic E-state index is -4.61. The first-order valence-electron chi connectivity index (χ1n) is 10.0. The smallest absolute Gasteiger partial charge is 0.374 e. The Labute approximate surface area is 186 Å². The molecule has 0 bridgehead atoms. The lowest BCUT2D eigenvalue weighted by molar-refractivity contribution is -0.141. The van der Waals surface area contributed by atoms with Gasteiger partial charge in [0.05, 0.1) is 11.1 Å². The van der Waals surface area contributed by atoms with E-state index in [-0.39, 0.29) is 10.6 Å². The molecule has 3 aromatic rings. The quantitative estimate of drug-likeness (QED) is 0.398. The molecule has 1 fully saturated rings. The van der Waals surface area contributed by atoms with Crippen LogP contribution in [-0.4, -0.2) is 52.5 Å². The Bertz CT molecular complexity index is 1060. The molecule has 3 heterocycles. The fourth-order valence-corrected chi connectivity index (χ4v) is 3.87. The van der Waals surface area contributed by atoms with E-state index in [4.69, 9.17) is 0 Å². The van der Waals surface area contributed by atoms with Gasteiger partial charge in [0.2, 0.25) is 0 Å². The molecule has 8 nitrogen and oxygen atoms in total. The van der Waals surface area contributed by atoms with Crippen molar-refractivity contribution in [1.29, 1.82) is 0 Å². The van der Waals surface area contributed by atoms with Gasteiger partial charge in [-0.3, -0.25) is 4.90 Å². The van der Waals surface area contributed by atoms with Crippen LogP contribution in [0.3, 0.4) is 0 Å². The first kappa shape index (κ1) is 22.6. The SMILES string of the molecule is CSc1cc(C(O)N(CC2CC2)C(C)c2ncnn2-c2ncccn2)cc(C(F)(F)F)n1. The molecule has 1 aliphatic carbocycles. The molecular formula is C20H22F3N7OS. The molecule has 0 aromatic carbocycles. The normalized spacial score (nSPS) is 16.3. The van der Waals surface area contributed by atoms with Crippen LogP contribution in [0.25, 0.3) is 5.95 Å². The monoisotopic (exact) mass is 465 g/mol. The van der Waals surface area contributed by atoms with Gasteiger partial charge in [0.1, 0.15) is 18.2 Å². The average molecular weight is 466 g/mol. The maximum atomic E-state index is 13.4. The number of hydrogen-bond donors (Lipinski definition) is 1. The number of nitrogens with zero attached hydrogens (tertiary/aromatic N) is 7. The molecule has 0 saturated heterocycles. The molecule has 170 valence electrons. The summed E-state index contributed by atoms with van der Waals surface area (Å²) < 4.78 is 41.6. The van der Waals surface area contributed by atoms with Crippen LogP contribution in [0.1, 0.15) is 49.1 Å². The highest BCUT2D eigenvalue weighted by atomic mass is 32.2. The topological polar surface area (TPSA) is 92.8 Å². The Balaban J connectivity index is 1.70. The van der Waals surface area contributed by atoms with Crippen molar-refractivity contribution >= 4 is 11.8 Å². The number of hydrogen-bond acceptors (Lipinski definition) is 8. The second-order valence-electron chi connectivity index (χ2n) is 7.59. The summed E-state index contributed by atoms with van der Waals surface area (Å²) in [6, 6.07) is 3.60. The number of pyridine rings is 1. The summed E-state index contributed by atoms with van der Waals surface area (Å²) in [5.41, 5.74) is -0.899. The number of alkyl halides is 3. The summed E-state index contributed by atoms with van der Waals surface area (Å²) in [6.07, 6.45) is 2.27. The van der Waals surface area contributed by atoms with Gasteiger partial charge in [0.25, 0.3) is 5.95 Å². The number of halogens is 3. The molecule has 1 aliphatic rings. The summed E-state index contributed by atoms with van der Waals surface area (Å²) >= 11 is 1.09. The zero-order valence-electron chi connectivity index (χ0n) is 17.4. The van der Waals surface area contributed by atoms with E-state index in [0.29, 0.717) is 24.2 Å². The minimum Gasteiger partial charge on any atom is -0.374 e. The third-order valence-electron chi connectivity index (χ3n) is 5.29. The van der Waals surface area contributed by atoms with Crippen LogP contribution in [0.2, 0.25) is 0 Å². The van der Waals surface area contributed by atoms with Crippen LogP contribution in [0.4, 0.5) is 13.2 Å². The summed E-state index contributed by atoms with van der Waals surface area (Å²) in [5.74, 6) is 1.16. The van der Waals surface area contributed by atoms with Gasteiger partial charge in [-0.1, -0.05) is 0 Å². The number of thioether (sulfide) groups is 1. The standard InChI is InChI=1S/C20H22F3N7OS/c1-12(17-26-11-27-30(17)19-24-6-3-7-25-19)29(10-13-4-5-13)18(31)14-8-15(20(21,22)23)28-16(9-14)32-2/h3,6-9,11-13,18,31H,4-5,10H2,1-2H3. The first-order chi connectivity index (χ1) is 15.3. The molecule has 2 unspecified atom stereocenters. The van der Waals surface area contributed by atoms with Crippen LogP contribution in [-0.2, 0) is 6.18 Å². The highest BCUT2D eigenvalue weighted by Crippen LogP contribution is 2.38. The first-order valence-corrected chi connectivity index (χ1v) is 11.2. The lowest BCUT2D eigenvalue weighted by Gasteiger charge is -2.33. The van der Waals surface area contributed by atoms with E-state index >= 15 is 0 Å². The third kappa shape index (κ3) is 4.92. The van der Waals surface area contributed by atoms with Crippen LogP contribution < -0.4 is 0 Å². The van der Waals surface area contributed by atoms with E-state index in [1.165, 1.54) is 17.1 Å². The molecule has 1 saturated carbocycles. The second-order valence-corrected chi connectivity index (χ2v) is 8.42. The van der Waals surface area contributed by atoms with E-state index in [9.17, 15) is 18.3 Å². The lowest BCUT2D eigenvalue weighted by Crippen LogP contribution is -2.35. The van der Waals surface area contributed by atoms with Gasteiger partial charge in [0.15, 0.2) is 5.82 Å². The highest BCUT2D eigenvalue weighted by Gasteiger charge is 2.37. The largest absolute Gasteiger partial charge is 0.433 e. The van der Waals surface area contributed by atoms with E-state index < -0.39 is 24.1 Å². The van der Waals surface area contributed by atoms with Crippen LogP contribution in [0, 0.1) is 5.92 Å². The van der Waals surface area contributed by atoms with Gasteiger partial charge >= 0.3 is 6.18 Å². The molecule has 3 aromatic heterocycles. The molecule has 0 radical (unpaired) electrons. The van der Waals surface area contributed by atoms with Gasteiger partial charge in [-0.15, -0.1) is 11.8 Å². The van der Waals surface area contributed by atoms with Crippen molar-refractivity contribution in [2.75, 3.05) is 12.8 Å². The highest BCUT2D eigenvalue weighted by molar-refractivity contribution is 7.98. The van der Waals surface area contributed by atoms with Crippen molar-refractivity contribution in [1.82, 2.24) is 34.6 Å². The predicted molar refractivity (Wildman–Crippen MR) is 111 cm³/mol. The number of aromatic nitrogens is 6. The zero-order valence-corrected chi connectivity index (χ0v) is 18.3.